The van der Waals surface area contributed by atoms with Gasteiger partial charge in [-0.15, -0.1) is 0 Å². The fourth-order valence-corrected chi connectivity index (χ4v) is 10.2. The van der Waals surface area contributed by atoms with Crippen LogP contribution >= 0.6 is 0 Å². The highest BCUT2D eigenvalue weighted by Gasteiger charge is 2.32. The van der Waals surface area contributed by atoms with Gasteiger partial charge in [-0.1, -0.05) is 166 Å². The van der Waals surface area contributed by atoms with Gasteiger partial charge < -0.3 is 13.9 Å². The lowest BCUT2D eigenvalue weighted by Gasteiger charge is -2.26. The SMILES string of the molecule is CC(C)(C)c1ccnc(-n2c3ccccc3c3ccc(Oc4cccc(C(C)(C)n5[c-][n+]6c7c(cccc75)-c5ccccc5-c5ccccc5-c5cccc(-c7ccccc7)c5-6)c4)cc32)c1. The van der Waals surface area contributed by atoms with Gasteiger partial charge in [-0.05, 0) is 112 Å². The number of benzene rings is 8. The van der Waals surface area contributed by atoms with Gasteiger partial charge in [0.15, 0.2) is 0 Å². The van der Waals surface area contributed by atoms with Gasteiger partial charge >= 0.3 is 0 Å². The van der Waals surface area contributed by atoms with E-state index in [1.807, 2.05) is 12.3 Å². The van der Waals surface area contributed by atoms with Crippen molar-refractivity contribution < 1.29 is 9.30 Å². The van der Waals surface area contributed by atoms with Crippen LogP contribution in [-0.4, -0.2) is 14.1 Å². The molecule has 1 aliphatic heterocycles. The second kappa shape index (κ2) is 15.0. The number of aromatic nitrogens is 4. The molecule has 0 saturated heterocycles. The molecule has 318 valence electrons. The number of fused-ring (bicyclic) bond motifs is 10. The largest absolute Gasteiger partial charge is 0.457 e. The van der Waals surface area contributed by atoms with Crippen molar-refractivity contribution in [1.82, 2.24) is 14.1 Å². The Morgan fingerprint density at radius 3 is 1.83 bits per heavy atom. The second-order valence-electron chi connectivity index (χ2n) is 19.0. The molecule has 66 heavy (non-hydrogen) atoms. The molecule has 5 heteroatoms. The van der Waals surface area contributed by atoms with Crippen molar-refractivity contribution in [2.24, 2.45) is 0 Å². The molecule has 0 atom stereocenters. The number of hydrogen-bond acceptors (Lipinski definition) is 2. The maximum absolute atomic E-state index is 6.84. The molecule has 12 rings (SSSR count). The quantitative estimate of drug-likeness (QED) is 0.123. The van der Waals surface area contributed by atoms with Crippen molar-refractivity contribution in [2.75, 3.05) is 0 Å². The standard InChI is InChI=1S/C61H48N4O/c1-60(2,3)41-34-35-62-57(37-41)65-54-30-14-13-26-50(54)51-33-32-44(38-56(51)65)66-43-21-15-20-42(36-43)61(4,5)64-39-63-58-45(40-18-7-6-8-19-40)27-16-28-52(58)48-24-11-9-22-46(48)47-23-10-12-25-49(47)53-29-17-31-55(64)59(53)63/h6-38H,1-5H3. The van der Waals surface area contributed by atoms with E-state index in [2.05, 4.69) is 243 Å². The zero-order chi connectivity index (χ0) is 44.7. The van der Waals surface area contributed by atoms with E-state index in [1.165, 1.54) is 33.2 Å². The summed E-state index contributed by atoms with van der Waals surface area (Å²) in [6.45, 7) is 11.3. The van der Waals surface area contributed by atoms with Crippen LogP contribution in [0.2, 0.25) is 0 Å². The summed E-state index contributed by atoms with van der Waals surface area (Å²) >= 11 is 0. The van der Waals surface area contributed by atoms with Gasteiger partial charge in [-0.3, -0.25) is 4.57 Å². The Bertz CT molecular complexity index is 3700. The highest BCUT2D eigenvalue weighted by molar-refractivity contribution is 6.09. The third-order valence-electron chi connectivity index (χ3n) is 13.6. The molecule has 0 aliphatic carbocycles. The first-order valence-corrected chi connectivity index (χ1v) is 22.8. The summed E-state index contributed by atoms with van der Waals surface area (Å²) in [7, 11) is 0. The summed E-state index contributed by atoms with van der Waals surface area (Å²) in [6.07, 6.45) is 5.94. The third kappa shape index (κ3) is 6.29. The van der Waals surface area contributed by atoms with E-state index in [0.29, 0.717) is 0 Å². The number of rotatable bonds is 6. The molecule has 0 fully saturated rings. The molecule has 0 unspecified atom stereocenters. The van der Waals surface area contributed by atoms with Crippen LogP contribution in [0.3, 0.4) is 0 Å². The third-order valence-corrected chi connectivity index (χ3v) is 13.6. The Balaban J connectivity index is 1.01. The lowest BCUT2D eigenvalue weighted by molar-refractivity contribution is -0.571. The molecule has 11 aromatic rings. The van der Waals surface area contributed by atoms with Crippen LogP contribution < -0.4 is 9.30 Å². The molecule has 0 amide bonds. The van der Waals surface area contributed by atoms with Crippen molar-refractivity contribution in [3.8, 4) is 67.5 Å². The number of nitrogens with zero attached hydrogens (tertiary/aromatic N) is 4. The van der Waals surface area contributed by atoms with E-state index in [0.717, 1.165) is 78.3 Å². The minimum absolute atomic E-state index is 0.0157. The first-order valence-electron chi connectivity index (χ1n) is 22.8. The number of pyridine rings is 1. The molecule has 0 N–H and O–H groups in total. The first kappa shape index (κ1) is 39.6. The molecular formula is C61H48N4O. The lowest BCUT2D eigenvalue weighted by Crippen LogP contribution is -2.34. The van der Waals surface area contributed by atoms with Gasteiger partial charge in [-0.2, -0.15) is 0 Å². The van der Waals surface area contributed by atoms with E-state index < -0.39 is 5.54 Å². The van der Waals surface area contributed by atoms with E-state index in [1.54, 1.807) is 0 Å². The summed E-state index contributed by atoms with van der Waals surface area (Å²) in [5.41, 5.74) is 16.6. The average Bonchev–Trinajstić information content (AvgIpc) is 3.91. The minimum atomic E-state index is -0.564. The summed E-state index contributed by atoms with van der Waals surface area (Å²) in [4.78, 5) is 4.90. The highest BCUT2D eigenvalue weighted by Crippen LogP contribution is 2.46. The van der Waals surface area contributed by atoms with Gasteiger partial charge in [0.25, 0.3) is 0 Å². The van der Waals surface area contributed by atoms with E-state index in [9.17, 15) is 0 Å². The van der Waals surface area contributed by atoms with Crippen LogP contribution in [0.1, 0.15) is 45.7 Å². The highest BCUT2D eigenvalue weighted by atomic mass is 16.5. The van der Waals surface area contributed by atoms with Gasteiger partial charge in [0.2, 0.25) is 6.33 Å². The van der Waals surface area contributed by atoms with E-state index >= 15 is 0 Å². The topological polar surface area (TPSA) is 35.9 Å². The monoisotopic (exact) mass is 852 g/mol. The molecule has 0 radical (unpaired) electrons. The molecule has 4 heterocycles. The summed E-state index contributed by atoms with van der Waals surface area (Å²) in [5, 5.41) is 2.33. The maximum atomic E-state index is 6.84. The van der Waals surface area contributed by atoms with Crippen molar-refractivity contribution in [3.05, 3.63) is 218 Å². The molecule has 3 aromatic heterocycles. The van der Waals surface area contributed by atoms with Crippen LogP contribution in [0.25, 0.3) is 88.9 Å². The smallest absolute Gasteiger partial charge is 0.245 e. The van der Waals surface area contributed by atoms with Crippen LogP contribution in [0.15, 0.2) is 200 Å². The molecule has 0 saturated carbocycles. The fraction of sp³-hybridized carbons (Fsp3) is 0.115. The van der Waals surface area contributed by atoms with Crippen LogP contribution in [0.4, 0.5) is 0 Å². The maximum Gasteiger partial charge on any atom is 0.245 e. The fourth-order valence-electron chi connectivity index (χ4n) is 10.2. The van der Waals surface area contributed by atoms with Crippen LogP contribution in [0.5, 0.6) is 11.5 Å². The predicted octanol–water partition coefficient (Wildman–Crippen LogP) is 15.1. The zero-order valence-electron chi connectivity index (χ0n) is 37.7. The van der Waals surface area contributed by atoms with Crippen molar-refractivity contribution in [1.29, 1.82) is 0 Å². The Morgan fingerprint density at radius 1 is 0.470 bits per heavy atom. The lowest BCUT2D eigenvalue weighted by atomic mass is 9.88. The van der Waals surface area contributed by atoms with Gasteiger partial charge in [-0.25, -0.2) is 4.98 Å². The Morgan fingerprint density at radius 2 is 1.06 bits per heavy atom. The average molecular weight is 853 g/mol. The Labute approximate surface area is 385 Å². The number of imidazole rings is 1. The summed E-state index contributed by atoms with van der Waals surface area (Å²) in [5.74, 6) is 2.41. The summed E-state index contributed by atoms with van der Waals surface area (Å²) < 4.78 is 13.8. The number of ether oxygens (including phenoxy) is 1. The van der Waals surface area contributed by atoms with E-state index in [-0.39, 0.29) is 5.41 Å². The van der Waals surface area contributed by atoms with Crippen LogP contribution in [0, 0.1) is 6.33 Å². The summed E-state index contributed by atoms with van der Waals surface area (Å²) in [6, 6.07) is 69.6. The van der Waals surface area contributed by atoms with Gasteiger partial charge in [0.1, 0.15) is 22.9 Å². The zero-order valence-corrected chi connectivity index (χ0v) is 37.7. The Kier molecular flexibility index (Phi) is 9.01. The van der Waals surface area contributed by atoms with Crippen molar-refractivity contribution in [2.45, 2.75) is 45.6 Å². The second-order valence-corrected chi connectivity index (χ2v) is 19.0. The number of hydrogen-bond donors (Lipinski definition) is 0. The number of para-hydroxylation sites is 3. The van der Waals surface area contributed by atoms with Gasteiger partial charge in [0.05, 0.1) is 27.8 Å². The molecule has 0 bridgehead atoms. The van der Waals surface area contributed by atoms with E-state index in [4.69, 9.17) is 9.72 Å². The minimum Gasteiger partial charge on any atom is -0.457 e. The Hall–Kier alpha value is -8.02. The molecule has 5 nitrogen and oxygen atoms in total. The first-order chi connectivity index (χ1) is 32.1. The van der Waals surface area contributed by atoms with Crippen molar-refractivity contribution >= 4 is 32.8 Å². The molecule has 0 spiro atoms. The molecular weight excluding hydrogens is 805 g/mol. The molecule has 1 aliphatic rings. The van der Waals surface area contributed by atoms with Crippen molar-refractivity contribution in [3.63, 3.8) is 0 Å². The molecule has 8 aromatic carbocycles. The predicted molar refractivity (Wildman–Crippen MR) is 270 cm³/mol. The van der Waals surface area contributed by atoms with Gasteiger partial charge in [0, 0.05) is 28.6 Å². The van der Waals surface area contributed by atoms with Crippen LogP contribution in [-0.2, 0) is 11.0 Å². The normalized spacial score (nSPS) is 12.3.